The Bertz CT molecular complexity index is 1190. The Balaban J connectivity index is 1.66. The van der Waals surface area contributed by atoms with Crippen LogP contribution < -0.4 is 5.32 Å². The van der Waals surface area contributed by atoms with Gasteiger partial charge in [0.1, 0.15) is 5.82 Å². The van der Waals surface area contributed by atoms with Crippen LogP contribution in [0.5, 0.6) is 0 Å². The van der Waals surface area contributed by atoms with E-state index in [0.717, 1.165) is 4.90 Å². The molecule has 0 aromatic heterocycles. The number of carbonyl (C=O) groups excluding carboxylic acids is 3. The fraction of sp³-hybridized carbons (Fsp3) is 0.227. The van der Waals surface area contributed by atoms with Crippen molar-refractivity contribution in [3.05, 3.63) is 70.4 Å². The molecule has 0 radical (unpaired) electrons. The first kappa shape index (κ1) is 23.7. The fourth-order valence-corrected chi connectivity index (χ4v) is 5.50. The Morgan fingerprint density at radius 2 is 1.81 bits per heavy atom. The maximum Gasteiger partial charge on any atom is 0.293 e. The molecule has 1 heterocycles. The van der Waals surface area contributed by atoms with Gasteiger partial charge in [0.2, 0.25) is 0 Å². The largest absolute Gasteiger partial charge is 0.350 e. The standard InChI is InChI=1S/C22H21FN2O5S2/c1-2-13-32(29,30)19-10-6-4-8-16(19)20(26)24-11-12-25-21(27)18(31-22(25)28)14-15-7-3-5-9-17(15)23/h3-10,14H,2,11-13H2,1H3,(H,24,26)/b18-14-. The Labute approximate surface area is 189 Å². The minimum atomic E-state index is -3.61. The van der Waals surface area contributed by atoms with Crippen LogP contribution in [0.15, 0.2) is 58.3 Å². The van der Waals surface area contributed by atoms with Crippen LogP contribution in [-0.2, 0) is 14.6 Å². The van der Waals surface area contributed by atoms with Gasteiger partial charge in [-0.3, -0.25) is 19.3 Å². The third kappa shape index (κ3) is 5.25. The monoisotopic (exact) mass is 476 g/mol. The van der Waals surface area contributed by atoms with Gasteiger partial charge in [-0.05, 0) is 42.5 Å². The molecule has 0 spiro atoms. The topological polar surface area (TPSA) is 101 Å². The summed E-state index contributed by atoms with van der Waals surface area (Å²) in [6.45, 7) is 1.57. The number of nitrogens with one attached hydrogen (secondary N) is 1. The van der Waals surface area contributed by atoms with Gasteiger partial charge < -0.3 is 5.32 Å². The van der Waals surface area contributed by atoms with Crippen LogP contribution in [0.25, 0.3) is 6.08 Å². The number of amides is 3. The van der Waals surface area contributed by atoms with Gasteiger partial charge in [-0.2, -0.15) is 0 Å². The molecule has 1 aliphatic heterocycles. The molecule has 3 amide bonds. The minimum absolute atomic E-state index is 0.00883. The molecule has 168 valence electrons. The lowest BCUT2D eigenvalue weighted by molar-refractivity contribution is -0.122. The zero-order valence-corrected chi connectivity index (χ0v) is 18.8. The lowest BCUT2D eigenvalue weighted by Crippen LogP contribution is -2.37. The lowest BCUT2D eigenvalue weighted by Gasteiger charge is -2.14. The number of sulfone groups is 1. The summed E-state index contributed by atoms with van der Waals surface area (Å²) in [7, 11) is -3.61. The van der Waals surface area contributed by atoms with Crippen molar-refractivity contribution in [2.75, 3.05) is 18.8 Å². The fourth-order valence-electron chi connectivity index (χ4n) is 3.11. The number of imide groups is 1. The highest BCUT2D eigenvalue weighted by atomic mass is 32.2. The molecular weight excluding hydrogens is 455 g/mol. The molecule has 1 N–H and O–H groups in total. The summed E-state index contributed by atoms with van der Waals surface area (Å²) < 4.78 is 38.7. The van der Waals surface area contributed by atoms with E-state index >= 15 is 0 Å². The van der Waals surface area contributed by atoms with E-state index in [1.165, 1.54) is 36.4 Å². The number of carbonyl (C=O) groups is 3. The second-order valence-electron chi connectivity index (χ2n) is 6.93. The Morgan fingerprint density at radius 1 is 1.12 bits per heavy atom. The van der Waals surface area contributed by atoms with E-state index in [2.05, 4.69) is 5.32 Å². The number of nitrogens with zero attached hydrogens (tertiary/aromatic N) is 1. The van der Waals surface area contributed by atoms with Crippen LogP contribution in [0.1, 0.15) is 29.3 Å². The summed E-state index contributed by atoms with van der Waals surface area (Å²) in [6, 6.07) is 11.8. The van der Waals surface area contributed by atoms with Crippen molar-refractivity contribution in [2.24, 2.45) is 0 Å². The summed E-state index contributed by atoms with van der Waals surface area (Å²) in [6.07, 6.45) is 1.73. The number of halogens is 1. The number of hydrogen-bond acceptors (Lipinski definition) is 6. The van der Waals surface area contributed by atoms with Crippen molar-refractivity contribution in [1.82, 2.24) is 10.2 Å². The highest BCUT2D eigenvalue weighted by Gasteiger charge is 2.35. The van der Waals surface area contributed by atoms with Crippen LogP contribution >= 0.6 is 11.8 Å². The first-order valence-corrected chi connectivity index (χ1v) is 12.3. The first-order valence-electron chi connectivity index (χ1n) is 9.84. The molecule has 0 atom stereocenters. The lowest BCUT2D eigenvalue weighted by atomic mass is 10.2. The maximum atomic E-state index is 13.8. The highest BCUT2D eigenvalue weighted by molar-refractivity contribution is 8.18. The predicted molar refractivity (Wildman–Crippen MR) is 120 cm³/mol. The molecule has 1 aliphatic rings. The van der Waals surface area contributed by atoms with E-state index in [4.69, 9.17) is 0 Å². The van der Waals surface area contributed by atoms with Gasteiger partial charge >= 0.3 is 0 Å². The van der Waals surface area contributed by atoms with E-state index in [1.54, 1.807) is 25.1 Å². The molecule has 0 unspecified atom stereocenters. The van der Waals surface area contributed by atoms with Crippen LogP contribution in [-0.4, -0.2) is 49.2 Å². The summed E-state index contributed by atoms with van der Waals surface area (Å²) >= 11 is 0.692. The van der Waals surface area contributed by atoms with Crippen LogP contribution in [0.4, 0.5) is 9.18 Å². The predicted octanol–water partition coefficient (Wildman–Crippen LogP) is 3.48. The van der Waals surface area contributed by atoms with Gasteiger partial charge in [0.15, 0.2) is 9.84 Å². The number of hydrogen-bond donors (Lipinski definition) is 1. The smallest absolute Gasteiger partial charge is 0.293 e. The molecule has 0 aliphatic carbocycles. The average Bonchev–Trinajstić information content (AvgIpc) is 3.02. The van der Waals surface area contributed by atoms with E-state index in [-0.39, 0.29) is 39.8 Å². The molecule has 0 bridgehead atoms. The van der Waals surface area contributed by atoms with Gasteiger partial charge in [0.25, 0.3) is 17.1 Å². The van der Waals surface area contributed by atoms with Crippen molar-refractivity contribution >= 4 is 44.7 Å². The van der Waals surface area contributed by atoms with Crippen molar-refractivity contribution in [3.8, 4) is 0 Å². The molecule has 10 heteroatoms. The van der Waals surface area contributed by atoms with Gasteiger partial charge in [-0.25, -0.2) is 12.8 Å². The van der Waals surface area contributed by atoms with E-state index in [9.17, 15) is 27.2 Å². The summed E-state index contributed by atoms with van der Waals surface area (Å²) in [5.74, 6) is -1.79. The number of rotatable bonds is 8. The highest BCUT2D eigenvalue weighted by Crippen LogP contribution is 2.32. The normalized spacial score (nSPS) is 15.4. The van der Waals surface area contributed by atoms with Crippen molar-refractivity contribution < 1.29 is 27.2 Å². The Morgan fingerprint density at radius 3 is 2.53 bits per heavy atom. The van der Waals surface area contributed by atoms with Crippen molar-refractivity contribution in [2.45, 2.75) is 18.2 Å². The number of thioether (sulfide) groups is 1. The van der Waals surface area contributed by atoms with Crippen LogP contribution in [0.3, 0.4) is 0 Å². The molecule has 32 heavy (non-hydrogen) atoms. The van der Waals surface area contributed by atoms with Gasteiger partial charge in [0, 0.05) is 18.7 Å². The summed E-state index contributed by atoms with van der Waals surface area (Å²) in [4.78, 5) is 38.3. The molecule has 1 fully saturated rings. The van der Waals surface area contributed by atoms with Crippen molar-refractivity contribution in [3.63, 3.8) is 0 Å². The second-order valence-corrected chi connectivity index (χ2v) is 10.00. The van der Waals surface area contributed by atoms with E-state index < -0.39 is 32.7 Å². The molecule has 0 saturated carbocycles. The SMILES string of the molecule is CCCS(=O)(=O)c1ccccc1C(=O)NCCN1C(=O)S/C(=C\c2ccccc2F)C1=O. The summed E-state index contributed by atoms with van der Waals surface area (Å²) in [5.41, 5.74) is 0.200. The van der Waals surface area contributed by atoms with E-state index in [1.807, 2.05) is 0 Å². The second kappa shape index (κ2) is 10.1. The van der Waals surface area contributed by atoms with Gasteiger partial charge in [-0.15, -0.1) is 0 Å². The zero-order chi connectivity index (χ0) is 23.3. The van der Waals surface area contributed by atoms with Gasteiger partial charge in [-0.1, -0.05) is 37.3 Å². The first-order chi connectivity index (χ1) is 15.2. The Kier molecular flexibility index (Phi) is 7.47. The quantitative estimate of drug-likeness (QED) is 0.586. The Hall–Kier alpha value is -2.98. The maximum absolute atomic E-state index is 13.8. The molecule has 3 rings (SSSR count). The molecule has 2 aromatic carbocycles. The zero-order valence-electron chi connectivity index (χ0n) is 17.2. The average molecular weight is 477 g/mol. The minimum Gasteiger partial charge on any atom is -0.350 e. The molecule has 2 aromatic rings. The third-order valence-electron chi connectivity index (χ3n) is 4.63. The van der Waals surface area contributed by atoms with Gasteiger partial charge in [0.05, 0.1) is 21.1 Å². The van der Waals surface area contributed by atoms with Crippen LogP contribution in [0, 0.1) is 5.82 Å². The van der Waals surface area contributed by atoms with Crippen molar-refractivity contribution in [1.29, 1.82) is 0 Å². The van der Waals surface area contributed by atoms with E-state index in [0.29, 0.717) is 18.2 Å². The molecule has 7 nitrogen and oxygen atoms in total. The third-order valence-corrected chi connectivity index (χ3v) is 7.51. The molecule has 1 saturated heterocycles. The van der Waals surface area contributed by atoms with Crippen LogP contribution in [0.2, 0.25) is 0 Å². The summed E-state index contributed by atoms with van der Waals surface area (Å²) in [5, 5.41) is 2.03. The molecular formula is C22H21FN2O5S2. The number of benzene rings is 2.